The molecular weight excluding hydrogens is 180 g/mol. The van der Waals surface area contributed by atoms with Crippen molar-refractivity contribution in [2.24, 2.45) is 5.92 Å². The number of fused-ring (bicyclic) bond motifs is 1. The number of benzene rings is 1. The standard InChI is InChI=1S/C15H20/c1-10(2)14-7-5-6-13-9-8-11(3)12(4)15(13)14/h6,8-10H,5,7H2,1-4H3. The maximum Gasteiger partial charge on any atom is -0.0161 e. The lowest BCUT2D eigenvalue weighted by atomic mass is 9.88. The van der Waals surface area contributed by atoms with Crippen molar-refractivity contribution in [3.63, 3.8) is 0 Å². The predicted octanol–water partition coefficient (Wildman–Crippen LogP) is 2.68. The van der Waals surface area contributed by atoms with Gasteiger partial charge in [-0.25, -0.2) is 0 Å². The summed E-state index contributed by atoms with van der Waals surface area (Å²) in [5.74, 6) is 0.679. The summed E-state index contributed by atoms with van der Waals surface area (Å²) < 4.78 is 0. The molecule has 1 aliphatic carbocycles. The molecule has 0 aliphatic heterocycles. The molecule has 0 unspecified atom stereocenters. The summed E-state index contributed by atoms with van der Waals surface area (Å²) in [6.45, 7) is 9.09. The fourth-order valence-corrected chi connectivity index (χ4v) is 2.52. The zero-order chi connectivity index (χ0) is 11.0. The van der Waals surface area contributed by atoms with Crippen LogP contribution in [0.5, 0.6) is 0 Å². The van der Waals surface area contributed by atoms with E-state index in [1.54, 1.807) is 5.57 Å². The Balaban J connectivity index is 2.89. The number of aryl methyl sites for hydroxylation is 1. The molecule has 80 valence electrons. The van der Waals surface area contributed by atoms with Gasteiger partial charge >= 0.3 is 0 Å². The Hall–Kier alpha value is -1.04. The van der Waals surface area contributed by atoms with E-state index in [-0.39, 0.29) is 0 Å². The third-order valence-electron chi connectivity index (χ3n) is 3.56. The van der Waals surface area contributed by atoms with E-state index in [2.05, 4.69) is 45.9 Å². The van der Waals surface area contributed by atoms with Gasteiger partial charge in [-0.1, -0.05) is 37.6 Å². The Morgan fingerprint density at radius 2 is 1.87 bits per heavy atom. The Bertz CT molecular complexity index is 490. The third-order valence-corrected chi connectivity index (χ3v) is 3.56. The van der Waals surface area contributed by atoms with E-state index in [4.69, 9.17) is 0 Å². The van der Waals surface area contributed by atoms with Gasteiger partial charge in [0.25, 0.3) is 0 Å². The second kappa shape index (κ2) is 3.84. The van der Waals surface area contributed by atoms with Crippen LogP contribution in [0.2, 0.25) is 0 Å². The van der Waals surface area contributed by atoms with Gasteiger partial charge in [0.05, 0.1) is 0 Å². The van der Waals surface area contributed by atoms with Crippen LogP contribution in [0, 0.1) is 19.8 Å². The van der Waals surface area contributed by atoms with E-state index in [1.807, 2.05) is 0 Å². The van der Waals surface area contributed by atoms with Crippen molar-refractivity contribution in [1.82, 2.24) is 0 Å². The summed E-state index contributed by atoms with van der Waals surface area (Å²) in [6, 6.07) is 4.52. The first-order chi connectivity index (χ1) is 7.11. The first-order valence-corrected chi connectivity index (χ1v) is 5.90. The SMILES string of the molecule is Cc1ccc2c(c1C)=C(C(C)C)CCC=2. The van der Waals surface area contributed by atoms with Crippen molar-refractivity contribution in [3.05, 3.63) is 33.7 Å². The van der Waals surface area contributed by atoms with Crippen LogP contribution in [0.3, 0.4) is 0 Å². The minimum Gasteiger partial charge on any atom is -0.0763 e. The van der Waals surface area contributed by atoms with E-state index in [1.165, 1.54) is 34.4 Å². The van der Waals surface area contributed by atoms with Crippen LogP contribution < -0.4 is 10.4 Å². The molecule has 1 aliphatic rings. The molecule has 0 bridgehead atoms. The number of hydrogen-bond acceptors (Lipinski definition) is 0. The van der Waals surface area contributed by atoms with Crippen molar-refractivity contribution >= 4 is 11.6 Å². The lowest BCUT2D eigenvalue weighted by molar-refractivity contribution is 0.795. The first kappa shape index (κ1) is 10.5. The second-order valence-electron chi connectivity index (χ2n) is 4.89. The lowest BCUT2D eigenvalue weighted by Crippen LogP contribution is -2.34. The van der Waals surface area contributed by atoms with E-state index >= 15 is 0 Å². The van der Waals surface area contributed by atoms with Crippen LogP contribution in [0.15, 0.2) is 12.1 Å². The van der Waals surface area contributed by atoms with Gasteiger partial charge in [0.15, 0.2) is 0 Å². The quantitative estimate of drug-likeness (QED) is 0.654. The van der Waals surface area contributed by atoms with Gasteiger partial charge < -0.3 is 0 Å². The highest BCUT2D eigenvalue weighted by Crippen LogP contribution is 2.18. The molecule has 1 aromatic carbocycles. The first-order valence-electron chi connectivity index (χ1n) is 5.90. The van der Waals surface area contributed by atoms with Crippen molar-refractivity contribution in [2.75, 3.05) is 0 Å². The fraction of sp³-hybridized carbons (Fsp3) is 0.467. The van der Waals surface area contributed by atoms with Crippen molar-refractivity contribution in [3.8, 4) is 0 Å². The lowest BCUT2D eigenvalue weighted by Gasteiger charge is -2.17. The Labute approximate surface area is 92.3 Å². The monoisotopic (exact) mass is 200 g/mol. The van der Waals surface area contributed by atoms with E-state index < -0.39 is 0 Å². The van der Waals surface area contributed by atoms with Crippen LogP contribution in [0.4, 0.5) is 0 Å². The molecule has 0 radical (unpaired) electrons. The number of hydrogen-bond donors (Lipinski definition) is 0. The largest absolute Gasteiger partial charge is 0.0763 e. The molecule has 15 heavy (non-hydrogen) atoms. The maximum absolute atomic E-state index is 2.38. The highest BCUT2D eigenvalue weighted by atomic mass is 14.2. The van der Waals surface area contributed by atoms with E-state index in [9.17, 15) is 0 Å². The molecular formula is C15H20. The zero-order valence-electron chi connectivity index (χ0n) is 10.2. The zero-order valence-corrected chi connectivity index (χ0v) is 10.2. The highest BCUT2D eigenvalue weighted by molar-refractivity contribution is 5.55. The normalized spacial score (nSPS) is 15.1. The molecule has 0 N–H and O–H groups in total. The van der Waals surface area contributed by atoms with Gasteiger partial charge in [-0.15, -0.1) is 0 Å². The summed E-state index contributed by atoms with van der Waals surface area (Å²) in [5.41, 5.74) is 4.54. The molecule has 0 nitrogen and oxygen atoms in total. The fourth-order valence-electron chi connectivity index (χ4n) is 2.52. The summed E-state index contributed by atoms with van der Waals surface area (Å²) in [7, 11) is 0. The summed E-state index contributed by atoms with van der Waals surface area (Å²) in [4.78, 5) is 0. The Morgan fingerprint density at radius 1 is 1.13 bits per heavy atom. The molecule has 0 fully saturated rings. The molecule has 0 heteroatoms. The average Bonchev–Trinajstić information content (AvgIpc) is 2.23. The maximum atomic E-state index is 2.38. The van der Waals surface area contributed by atoms with Crippen LogP contribution in [0.1, 0.15) is 37.8 Å². The topological polar surface area (TPSA) is 0 Å². The van der Waals surface area contributed by atoms with Crippen molar-refractivity contribution in [2.45, 2.75) is 40.5 Å². The molecule has 0 amide bonds. The molecule has 1 aromatic rings. The van der Waals surface area contributed by atoms with Gasteiger partial charge in [-0.2, -0.15) is 0 Å². The minimum atomic E-state index is 0.679. The molecule has 0 aromatic heterocycles. The molecule has 0 atom stereocenters. The van der Waals surface area contributed by atoms with Crippen LogP contribution in [-0.4, -0.2) is 0 Å². The smallest absolute Gasteiger partial charge is 0.0161 e. The highest BCUT2D eigenvalue weighted by Gasteiger charge is 2.10. The van der Waals surface area contributed by atoms with Crippen LogP contribution in [-0.2, 0) is 0 Å². The predicted molar refractivity (Wildman–Crippen MR) is 67.1 cm³/mol. The summed E-state index contributed by atoms with van der Waals surface area (Å²) in [5, 5.41) is 2.99. The molecule has 2 rings (SSSR count). The molecule has 0 saturated carbocycles. The Kier molecular flexibility index (Phi) is 2.68. The van der Waals surface area contributed by atoms with E-state index in [0.29, 0.717) is 5.92 Å². The van der Waals surface area contributed by atoms with Crippen LogP contribution >= 0.6 is 0 Å². The van der Waals surface area contributed by atoms with Gasteiger partial charge in [-0.05, 0) is 54.2 Å². The van der Waals surface area contributed by atoms with Crippen molar-refractivity contribution in [1.29, 1.82) is 0 Å². The van der Waals surface area contributed by atoms with Gasteiger partial charge in [0.2, 0.25) is 0 Å². The van der Waals surface area contributed by atoms with Gasteiger partial charge in [0, 0.05) is 0 Å². The van der Waals surface area contributed by atoms with Crippen molar-refractivity contribution < 1.29 is 0 Å². The average molecular weight is 200 g/mol. The van der Waals surface area contributed by atoms with Gasteiger partial charge in [0.1, 0.15) is 0 Å². The third kappa shape index (κ3) is 1.73. The Morgan fingerprint density at radius 3 is 2.53 bits per heavy atom. The summed E-state index contributed by atoms with van der Waals surface area (Å²) >= 11 is 0. The van der Waals surface area contributed by atoms with Crippen LogP contribution in [0.25, 0.3) is 11.6 Å². The second-order valence-corrected chi connectivity index (χ2v) is 4.89. The summed E-state index contributed by atoms with van der Waals surface area (Å²) in [6.07, 6.45) is 4.84. The minimum absolute atomic E-state index is 0.679. The molecule has 0 saturated heterocycles. The molecule has 0 spiro atoms. The van der Waals surface area contributed by atoms with E-state index in [0.717, 1.165) is 0 Å². The van der Waals surface area contributed by atoms with Gasteiger partial charge in [-0.3, -0.25) is 0 Å². The number of rotatable bonds is 1. The molecule has 0 heterocycles.